The molecule has 0 aliphatic carbocycles. The summed E-state index contributed by atoms with van der Waals surface area (Å²) in [5, 5.41) is 16.7. The standard InChI is InChI=1S/C16H14N8O/c1-10-13(15(25)20-12-3-2-6-18-9-12)14(11-4-7-17-8-5-11)24-16(19-10)21-22-23-24/h2-9,14H,1H3,(H2,19,20,21,23,25)/p+1. The molecule has 1 aliphatic rings. The first-order valence-electron chi connectivity index (χ1n) is 7.65. The number of aromatic amines is 1. The average Bonchev–Trinajstić information content (AvgIpc) is 3.10. The second kappa shape index (κ2) is 6.11. The maximum atomic E-state index is 13.0. The molecule has 3 aromatic heterocycles. The fourth-order valence-electron chi connectivity index (χ4n) is 2.84. The Morgan fingerprint density at radius 1 is 1.20 bits per heavy atom. The maximum absolute atomic E-state index is 13.0. The van der Waals surface area contributed by atoms with Gasteiger partial charge in [-0.2, -0.15) is 0 Å². The van der Waals surface area contributed by atoms with Crippen molar-refractivity contribution >= 4 is 17.5 Å². The molecule has 124 valence electrons. The van der Waals surface area contributed by atoms with Gasteiger partial charge in [0.2, 0.25) is 0 Å². The van der Waals surface area contributed by atoms with Gasteiger partial charge in [0.05, 0.1) is 28.3 Å². The number of amides is 1. The molecular weight excluding hydrogens is 320 g/mol. The zero-order valence-electron chi connectivity index (χ0n) is 13.3. The first kappa shape index (κ1) is 14.9. The third kappa shape index (κ3) is 2.71. The van der Waals surface area contributed by atoms with Gasteiger partial charge in [0.15, 0.2) is 6.04 Å². The van der Waals surface area contributed by atoms with Crippen molar-refractivity contribution in [3.63, 3.8) is 0 Å². The van der Waals surface area contributed by atoms with Gasteiger partial charge in [-0.25, -0.2) is 0 Å². The zero-order valence-corrected chi connectivity index (χ0v) is 13.3. The minimum atomic E-state index is -0.397. The molecule has 3 aromatic rings. The molecule has 0 spiro atoms. The van der Waals surface area contributed by atoms with Crippen LogP contribution in [0.25, 0.3) is 0 Å². The number of anilines is 2. The number of carbonyl (C=O) groups is 1. The van der Waals surface area contributed by atoms with Crippen LogP contribution in [0.15, 0.2) is 60.3 Å². The van der Waals surface area contributed by atoms with Gasteiger partial charge >= 0.3 is 5.95 Å². The molecule has 9 heteroatoms. The highest BCUT2D eigenvalue weighted by Crippen LogP contribution is 2.29. The van der Waals surface area contributed by atoms with E-state index in [1.165, 1.54) is 0 Å². The van der Waals surface area contributed by atoms with E-state index in [4.69, 9.17) is 0 Å². The molecule has 25 heavy (non-hydrogen) atoms. The molecule has 1 amide bonds. The van der Waals surface area contributed by atoms with Crippen molar-refractivity contribution in [2.24, 2.45) is 0 Å². The zero-order chi connectivity index (χ0) is 17.2. The molecule has 0 radical (unpaired) electrons. The van der Waals surface area contributed by atoms with Gasteiger partial charge < -0.3 is 5.32 Å². The van der Waals surface area contributed by atoms with E-state index in [0.717, 1.165) is 5.56 Å². The average molecular weight is 335 g/mol. The Hall–Kier alpha value is -3.62. The number of allylic oxidation sites excluding steroid dienone is 1. The molecule has 0 bridgehead atoms. The molecule has 0 saturated carbocycles. The maximum Gasteiger partial charge on any atom is 0.405 e. The number of pyridine rings is 2. The molecule has 0 saturated heterocycles. The number of hydrogen-bond acceptors (Lipinski definition) is 6. The summed E-state index contributed by atoms with van der Waals surface area (Å²) in [5.41, 5.74) is 2.78. The molecule has 1 atom stereocenters. The normalized spacial score (nSPS) is 16.1. The van der Waals surface area contributed by atoms with Crippen LogP contribution in [0.5, 0.6) is 0 Å². The molecule has 3 N–H and O–H groups in total. The molecule has 0 aromatic carbocycles. The van der Waals surface area contributed by atoms with Crippen LogP contribution in [0, 0.1) is 0 Å². The van der Waals surface area contributed by atoms with Gasteiger partial charge in [-0.1, -0.05) is 0 Å². The molecule has 1 aliphatic heterocycles. The third-order valence-corrected chi connectivity index (χ3v) is 3.95. The minimum Gasteiger partial charge on any atom is -0.321 e. The predicted octanol–water partition coefficient (Wildman–Crippen LogP) is 0.810. The van der Waals surface area contributed by atoms with Crippen LogP contribution >= 0.6 is 0 Å². The van der Waals surface area contributed by atoms with Crippen LogP contribution < -0.4 is 15.3 Å². The van der Waals surface area contributed by atoms with Crippen LogP contribution in [0.3, 0.4) is 0 Å². The van der Waals surface area contributed by atoms with Crippen LogP contribution in [0.2, 0.25) is 0 Å². The smallest absolute Gasteiger partial charge is 0.321 e. The number of hydrogen-bond donors (Lipinski definition) is 3. The molecule has 9 nitrogen and oxygen atoms in total. The van der Waals surface area contributed by atoms with Crippen molar-refractivity contribution in [1.29, 1.82) is 0 Å². The van der Waals surface area contributed by atoms with Gasteiger partial charge in [0.25, 0.3) is 5.91 Å². The van der Waals surface area contributed by atoms with Gasteiger partial charge in [-0.15, -0.1) is 9.90 Å². The van der Waals surface area contributed by atoms with Gasteiger partial charge in [0, 0.05) is 18.6 Å². The summed E-state index contributed by atoms with van der Waals surface area (Å²) in [6.07, 6.45) is 6.63. The predicted molar refractivity (Wildman–Crippen MR) is 88.1 cm³/mol. The number of rotatable bonds is 3. The molecular formula is C16H15N8O+. The molecule has 4 heterocycles. The lowest BCUT2D eigenvalue weighted by Gasteiger charge is -2.24. The largest absolute Gasteiger partial charge is 0.405 e. The SMILES string of the molecule is CC1=C(C(=O)Nc2cccnc2)C(c2ccncc2)[n+]2[nH]nnc2N1. The number of nitrogens with one attached hydrogen (secondary N) is 3. The number of fused-ring (bicyclic) bond motifs is 1. The number of tetrazole rings is 1. The topological polar surface area (TPSA) is 112 Å². The van der Waals surface area contributed by atoms with Crippen LogP contribution in [-0.4, -0.2) is 31.4 Å². The summed E-state index contributed by atoms with van der Waals surface area (Å²) in [6.45, 7) is 1.84. The van der Waals surface area contributed by atoms with Crippen molar-refractivity contribution in [2.75, 3.05) is 10.6 Å². The number of carbonyl (C=O) groups excluding carboxylic acids is 1. The number of nitrogens with zero attached hydrogens (tertiary/aromatic N) is 5. The van der Waals surface area contributed by atoms with E-state index in [1.807, 2.05) is 19.1 Å². The van der Waals surface area contributed by atoms with E-state index in [0.29, 0.717) is 22.9 Å². The van der Waals surface area contributed by atoms with Gasteiger partial charge in [0.1, 0.15) is 5.21 Å². The van der Waals surface area contributed by atoms with Crippen molar-refractivity contribution in [1.82, 2.24) is 25.5 Å². The third-order valence-electron chi connectivity index (χ3n) is 3.95. The second-order valence-electron chi connectivity index (χ2n) is 5.54. The van der Waals surface area contributed by atoms with Gasteiger partial charge in [-0.05, 0) is 36.8 Å². The van der Waals surface area contributed by atoms with E-state index in [-0.39, 0.29) is 5.91 Å². The highest BCUT2D eigenvalue weighted by atomic mass is 16.1. The monoisotopic (exact) mass is 335 g/mol. The van der Waals surface area contributed by atoms with Crippen molar-refractivity contribution < 1.29 is 9.48 Å². The van der Waals surface area contributed by atoms with Crippen molar-refractivity contribution in [3.8, 4) is 0 Å². The Kier molecular flexibility index (Phi) is 3.65. The lowest BCUT2D eigenvalue weighted by atomic mass is 9.96. The summed E-state index contributed by atoms with van der Waals surface area (Å²) in [5.74, 6) is 0.310. The Morgan fingerprint density at radius 3 is 2.80 bits per heavy atom. The number of H-pyrrole nitrogens is 1. The lowest BCUT2D eigenvalue weighted by molar-refractivity contribution is -0.750. The molecule has 0 fully saturated rings. The summed E-state index contributed by atoms with van der Waals surface area (Å²) in [6, 6.07) is 6.87. The van der Waals surface area contributed by atoms with E-state index in [1.54, 1.807) is 41.6 Å². The van der Waals surface area contributed by atoms with Gasteiger partial charge in [-0.3, -0.25) is 20.1 Å². The van der Waals surface area contributed by atoms with Crippen LogP contribution in [0.4, 0.5) is 11.6 Å². The first-order valence-corrected chi connectivity index (χ1v) is 7.65. The highest BCUT2D eigenvalue weighted by Gasteiger charge is 2.38. The van der Waals surface area contributed by atoms with E-state index >= 15 is 0 Å². The highest BCUT2D eigenvalue weighted by molar-refractivity contribution is 6.05. The number of aromatic nitrogens is 6. The van der Waals surface area contributed by atoms with Crippen LogP contribution in [0.1, 0.15) is 18.5 Å². The van der Waals surface area contributed by atoms with E-state index < -0.39 is 6.04 Å². The van der Waals surface area contributed by atoms with E-state index in [2.05, 4.69) is 36.1 Å². The fraction of sp³-hybridized carbons (Fsp3) is 0.125. The van der Waals surface area contributed by atoms with E-state index in [9.17, 15) is 4.79 Å². The lowest BCUT2D eigenvalue weighted by Crippen LogP contribution is -2.50. The second-order valence-corrected chi connectivity index (χ2v) is 5.54. The van der Waals surface area contributed by atoms with Crippen molar-refractivity contribution in [2.45, 2.75) is 13.0 Å². The molecule has 4 rings (SSSR count). The van der Waals surface area contributed by atoms with Crippen molar-refractivity contribution in [3.05, 3.63) is 65.9 Å². The Labute approximate surface area is 142 Å². The Morgan fingerprint density at radius 2 is 2.04 bits per heavy atom. The Balaban J connectivity index is 1.77. The Bertz CT molecular complexity index is 935. The summed E-state index contributed by atoms with van der Waals surface area (Å²) < 4.78 is 1.71. The fourth-order valence-corrected chi connectivity index (χ4v) is 2.84. The van der Waals surface area contributed by atoms with Crippen LogP contribution in [-0.2, 0) is 4.79 Å². The summed E-state index contributed by atoms with van der Waals surface area (Å²) >= 11 is 0. The quantitative estimate of drug-likeness (QED) is 0.611. The first-order chi connectivity index (χ1) is 12.2. The summed E-state index contributed by atoms with van der Waals surface area (Å²) in [7, 11) is 0. The summed E-state index contributed by atoms with van der Waals surface area (Å²) in [4.78, 5) is 21.0. The molecule has 1 unspecified atom stereocenters. The minimum absolute atomic E-state index is 0.229.